The number of aliphatic hydroxyl groups is 1. The molecule has 1 atom stereocenters. The first-order valence-electron chi connectivity index (χ1n) is 4.74. The van der Waals surface area contributed by atoms with Gasteiger partial charge in [-0.1, -0.05) is 0 Å². The van der Waals surface area contributed by atoms with Crippen LogP contribution in [0.1, 0.15) is 12.8 Å². The van der Waals surface area contributed by atoms with Gasteiger partial charge in [-0.2, -0.15) is 0 Å². The molecule has 1 aromatic rings. The highest BCUT2D eigenvalue weighted by atomic mass is 16.3. The van der Waals surface area contributed by atoms with Gasteiger partial charge in [0.25, 0.3) is 5.56 Å². The summed E-state index contributed by atoms with van der Waals surface area (Å²) in [4.78, 5) is 19.8. The topological polar surface area (TPSA) is 69.2 Å². The van der Waals surface area contributed by atoms with E-state index in [-0.39, 0.29) is 11.7 Å². The van der Waals surface area contributed by atoms with Crippen molar-refractivity contribution in [3.8, 4) is 0 Å². The Morgan fingerprint density at radius 1 is 1.64 bits per heavy atom. The van der Waals surface area contributed by atoms with Crippen LogP contribution in [-0.2, 0) is 0 Å². The van der Waals surface area contributed by atoms with Crippen LogP contribution in [0.25, 0.3) is 0 Å². The summed E-state index contributed by atoms with van der Waals surface area (Å²) in [6, 6.07) is 0. The van der Waals surface area contributed by atoms with Crippen molar-refractivity contribution in [2.45, 2.75) is 18.9 Å². The number of nitrogens with one attached hydrogen (secondary N) is 1. The van der Waals surface area contributed by atoms with E-state index in [4.69, 9.17) is 0 Å². The van der Waals surface area contributed by atoms with Gasteiger partial charge >= 0.3 is 0 Å². The lowest BCUT2D eigenvalue weighted by atomic mass is 10.1. The lowest BCUT2D eigenvalue weighted by molar-refractivity contribution is 0.153. The molecule has 1 aromatic heterocycles. The van der Waals surface area contributed by atoms with E-state index in [0.717, 1.165) is 19.4 Å². The molecular weight excluding hydrogens is 182 g/mol. The van der Waals surface area contributed by atoms with E-state index in [1.165, 1.54) is 6.20 Å². The quantitative estimate of drug-likeness (QED) is 0.647. The highest BCUT2D eigenvalue weighted by Gasteiger charge is 2.20. The zero-order chi connectivity index (χ0) is 9.97. The Kier molecular flexibility index (Phi) is 2.49. The van der Waals surface area contributed by atoms with Gasteiger partial charge in [-0.25, -0.2) is 4.98 Å². The molecule has 1 saturated heterocycles. The van der Waals surface area contributed by atoms with E-state index in [9.17, 15) is 9.90 Å². The average Bonchev–Trinajstić information content (AvgIpc) is 2.18. The maximum absolute atomic E-state index is 11.4. The van der Waals surface area contributed by atoms with E-state index in [1.807, 2.05) is 4.90 Å². The van der Waals surface area contributed by atoms with Crippen molar-refractivity contribution < 1.29 is 5.11 Å². The summed E-state index contributed by atoms with van der Waals surface area (Å²) in [5.41, 5.74) is -0.193. The van der Waals surface area contributed by atoms with Gasteiger partial charge in [0.05, 0.1) is 6.10 Å². The number of piperidine rings is 1. The Hall–Kier alpha value is -1.36. The van der Waals surface area contributed by atoms with Gasteiger partial charge in [-0.05, 0) is 12.8 Å². The molecule has 76 valence electrons. The Balaban J connectivity index is 2.22. The fraction of sp³-hybridized carbons (Fsp3) is 0.556. The summed E-state index contributed by atoms with van der Waals surface area (Å²) < 4.78 is 0. The standard InChI is InChI=1S/C9H13N3O2/c13-7-2-1-5-12(6-7)8-9(14)11-4-3-10-8/h3-4,7,13H,1-2,5-6H2,(H,11,14)/t7-/m1/s1. The maximum Gasteiger partial charge on any atom is 0.290 e. The molecule has 0 aromatic carbocycles. The molecular formula is C9H13N3O2. The summed E-state index contributed by atoms with van der Waals surface area (Å²) >= 11 is 0. The van der Waals surface area contributed by atoms with Crippen molar-refractivity contribution in [3.05, 3.63) is 22.7 Å². The lowest BCUT2D eigenvalue weighted by Crippen LogP contribution is -2.41. The van der Waals surface area contributed by atoms with Gasteiger partial charge in [0, 0.05) is 25.5 Å². The maximum atomic E-state index is 11.4. The van der Waals surface area contributed by atoms with Gasteiger partial charge in [0.1, 0.15) is 0 Å². The summed E-state index contributed by atoms with van der Waals surface area (Å²) in [5, 5.41) is 9.45. The largest absolute Gasteiger partial charge is 0.391 e. The van der Waals surface area contributed by atoms with Gasteiger partial charge in [0.15, 0.2) is 5.82 Å². The second-order valence-electron chi connectivity index (χ2n) is 3.48. The van der Waals surface area contributed by atoms with E-state index in [0.29, 0.717) is 12.4 Å². The molecule has 2 rings (SSSR count). The predicted molar refractivity (Wildman–Crippen MR) is 52.3 cm³/mol. The number of hydrogen-bond donors (Lipinski definition) is 2. The third kappa shape index (κ3) is 1.77. The SMILES string of the molecule is O=c1[nH]ccnc1N1CCC[C@@H](O)C1. The van der Waals surface area contributed by atoms with Crippen LogP contribution in [0.3, 0.4) is 0 Å². The van der Waals surface area contributed by atoms with E-state index in [2.05, 4.69) is 9.97 Å². The molecule has 5 heteroatoms. The number of aromatic nitrogens is 2. The smallest absolute Gasteiger partial charge is 0.290 e. The molecule has 5 nitrogen and oxygen atoms in total. The third-order valence-corrected chi connectivity index (χ3v) is 2.38. The normalized spacial score (nSPS) is 22.4. The van der Waals surface area contributed by atoms with Crippen LogP contribution in [0.2, 0.25) is 0 Å². The van der Waals surface area contributed by atoms with Crippen molar-refractivity contribution in [1.82, 2.24) is 9.97 Å². The van der Waals surface area contributed by atoms with Crippen LogP contribution < -0.4 is 10.5 Å². The van der Waals surface area contributed by atoms with Crippen molar-refractivity contribution in [2.24, 2.45) is 0 Å². The fourth-order valence-corrected chi connectivity index (χ4v) is 1.72. The molecule has 1 fully saturated rings. The van der Waals surface area contributed by atoms with Gasteiger partial charge in [-0.3, -0.25) is 4.79 Å². The van der Waals surface area contributed by atoms with Crippen molar-refractivity contribution in [1.29, 1.82) is 0 Å². The molecule has 0 aliphatic carbocycles. The number of rotatable bonds is 1. The number of hydrogen-bond acceptors (Lipinski definition) is 4. The molecule has 0 bridgehead atoms. The van der Waals surface area contributed by atoms with Crippen LogP contribution >= 0.6 is 0 Å². The zero-order valence-corrected chi connectivity index (χ0v) is 7.81. The third-order valence-electron chi connectivity index (χ3n) is 2.38. The number of aromatic amines is 1. The van der Waals surface area contributed by atoms with Gasteiger partial charge in [0.2, 0.25) is 0 Å². The molecule has 0 spiro atoms. The molecule has 0 amide bonds. The summed E-state index contributed by atoms with van der Waals surface area (Å²) in [6.07, 6.45) is 4.42. The van der Waals surface area contributed by atoms with E-state index < -0.39 is 0 Å². The summed E-state index contributed by atoms with van der Waals surface area (Å²) in [5.74, 6) is 0.409. The Labute approximate surface area is 81.4 Å². The number of β-amino-alcohol motifs (C(OH)–C–C–N with tert-alkyl or cyclic N) is 1. The molecule has 0 saturated carbocycles. The van der Waals surface area contributed by atoms with Crippen molar-refractivity contribution in [2.75, 3.05) is 18.0 Å². The average molecular weight is 195 g/mol. The summed E-state index contributed by atoms with van der Waals surface area (Å²) in [7, 11) is 0. The van der Waals surface area contributed by atoms with E-state index >= 15 is 0 Å². The van der Waals surface area contributed by atoms with Gasteiger partial charge < -0.3 is 15.0 Å². The molecule has 0 radical (unpaired) electrons. The molecule has 1 aliphatic heterocycles. The molecule has 0 unspecified atom stereocenters. The van der Waals surface area contributed by atoms with E-state index in [1.54, 1.807) is 6.20 Å². The minimum Gasteiger partial charge on any atom is -0.391 e. The van der Waals surface area contributed by atoms with Crippen LogP contribution in [0, 0.1) is 0 Å². The number of nitrogens with zero attached hydrogens (tertiary/aromatic N) is 2. The minimum absolute atomic E-state index is 0.193. The number of aliphatic hydroxyl groups excluding tert-OH is 1. The first-order valence-corrected chi connectivity index (χ1v) is 4.74. The molecule has 14 heavy (non-hydrogen) atoms. The van der Waals surface area contributed by atoms with Crippen LogP contribution in [0.5, 0.6) is 0 Å². The van der Waals surface area contributed by atoms with Crippen LogP contribution in [0.15, 0.2) is 17.2 Å². The highest BCUT2D eigenvalue weighted by molar-refractivity contribution is 5.35. The first-order chi connectivity index (χ1) is 6.77. The molecule has 2 N–H and O–H groups in total. The molecule has 1 aliphatic rings. The zero-order valence-electron chi connectivity index (χ0n) is 7.81. The van der Waals surface area contributed by atoms with Crippen molar-refractivity contribution >= 4 is 5.82 Å². The van der Waals surface area contributed by atoms with Crippen LogP contribution in [-0.4, -0.2) is 34.3 Å². The second kappa shape index (κ2) is 3.79. The summed E-state index contributed by atoms with van der Waals surface area (Å²) in [6.45, 7) is 1.29. The minimum atomic E-state index is -0.342. The number of H-pyrrole nitrogens is 1. The second-order valence-corrected chi connectivity index (χ2v) is 3.48. The van der Waals surface area contributed by atoms with Crippen LogP contribution in [0.4, 0.5) is 5.82 Å². The molecule has 2 heterocycles. The highest BCUT2D eigenvalue weighted by Crippen LogP contribution is 2.13. The van der Waals surface area contributed by atoms with Gasteiger partial charge in [-0.15, -0.1) is 0 Å². The fourth-order valence-electron chi connectivity index (χ4n) is 1.72. The first kappa shape index (κ1) is 9.21. The Morgan fingerprint density at radius 2 is 2.50 bits per heavy atom. The lowest BCUT2D eigenvalue weighted by Gasteiger charge is -2.30. The van der Waals surface area contributed by atoms with Crippen molar-refractivity contribution in [3.63, 3.8) is 0 Å². The Bertz CT molecular complexity index is 363. The number of anilines is 1. The Morgan fingerprint density at radius 3 is 3.21 bits per heavy atom. The predicted octanol–water partition coefficient (Wildman–Crippen LogP) is -0.269. The monoisotopic (exact) mass is 195 g/mol.